The Kier molecular flexibility index (Phi) is 8.00. The molecule has 0 aliphatic carbocycles. The first kappa shape index (κ1) is 21.1. The molecule has 0 nitrogen and oxygen atoms in total. The molecule has 0 aliphatic heterocycles. The zero-order valence-electron chi connectivity index (χ0n) is 14.7. The fourth-order valence-electron chi connectivity index (χ4n) is 2.97. The van der Waals surface area contributed by atoms with Crippen molar-refractivity contribution in [3.63, 3.8) is 0 Å². The molecule has 0 heterocycles. The third kappa shape index (κ3) is 4.36. The minimum Gasteiger partial charge on any atom is -0.358 e. The van der Waals surface area contributed by atoms with Gasteiger partial charge in [-0.3, -0.25) is 0 Å². The maximum atomic E-state index is 2.24. The van der Waals surface area contributed by atoms with E-state index in [1.807, 2.05) is 0 Å². The molecular weight excluding hydrogens is 379 g/mol. The quantitative estimate of drug-likeness (QED) is 0.241. The second-order valence-electron chi connectivity index (χ2n) is 5.47. The molecule has 0 bridgehead atoms. The van der Waals surface area contributed by atoms with Crippen molar-refractivity contribution in [2.45, 2.75) is 0 Å². The molecule has 25 heavy (non-hydrogen) atoms. The van der Waals surface area contributed by atoms with Crippen LogP contribution in [0.1, 0.15) is 0 Å². The normalized spacial score (nSPS) is 9.44. The van der Waals surface area contributed by atoms with Crippen molar-refractivity contribution in [1.82, 2.24) is 0 Å². The van der Waals surface area contributed by atoms with Crippen molar-refractivity contribution in [3.05, 3.63) is 112 Å². The molecule has 0 amide bonds. The van der Waals surface area contributed by atoms with Gasteiger partial charge in [-0.1, -0.05) is 42.5 Å². The summed E-state index contributed by atoms with van der Waals surface area (Å²) in [7, 11) is 0. The van der Waals surface area contributed by atoms with E-state index >= 15 is 0 Å². The van der Waals surface area contributed by atoms with E-state index in [-0.39, 0.29) is 41.1 Å². The van der Waals surface area contributed by atoms with Crippen LogP contribution in [-0.2, 0) is 26.2 Å². The molecular formula is C24H22Zr. The first-order valence-corrected chi connectivity index (χ1v) is 7.55. The van der Waals surface area contributed by atoms with Gasteiger partial charge in [-0.25, -0.2) is 0 Å². The van der Waals surface area contributed by atoms with E-state index in [9.17, 15) is 0 Å². The largest absolute Gasteiger partial charge is 4.00 e. The minimum atomic E-state index is 0. The van der Waals surface area contributed by atoms with Crippen molar-refractivity contribution in [3.8, 4) is 0 Å². The van der Waals surface area contributed by atoms with Gasteiger partial charge in [0.15, 0.2) is 0 Å². The van der Waals surface area contributed by atoms with Crippen LogP contribution in [0.25, 0.3) is 32.3 Å². The monoisotopic (exact) mass is 400 g/mol. The molecule has 0 saturated carbocycles. The van der Waals surface area contributed by atoms with Crippen molar-refractivity contribution >= 4 is 32.3 Å². The standard InChI is InChI=1S/C13H9.C9H7.2CH3.Zr/c1-3-7-12-10(5-1)9-11-6-2-4-8-13(11)12;1-2-5-9-7-3-6-8(9)4-1;;;/h1-9H;1-7H;2*1H3;/q4*-1;+4. The zero-order chi connectivity index (χ0) is 14.8. The molecule has 0 fully saturated rings. The Labute approximate surface area is 170 Å². The summed E-state index contributed by atoms with van der Waals surface area (Å²) in [5.41, 5.74) is 0. The topological polar surface area (TPSA) is 0 Å². The third-order valence-corrected chi connectivity index (χ3v) is 4.07. The summed E-state index contributed by atoms with van der Waals surface area (Å²) in [4.78, 5) is 0. The summed E-state index contributed by atoms with van der Waals surface area (Å²) in [5.74, 6) is 0. The molecule has 1 heteroatoms. The molecule has 5 rings (SSSR count). The molecule has 0 aliphatic rings. The SMILES string of the molecule is [CH3-].[CH3-].[Zr+4].c1ccc2[cH-]ccc2c1.c1ccc2c(c1)[cH-]c1ccccc12. The van der Waals surface area contributed by atoms with Gasteiger partial charge in [0.05, 0.1) is 0 Å². The van der Waals surface area contributed by atoms with E-state index in [0.717, 1.165) is 0 Å². The average molecular weight is 402 g/mol. The molecule has 0 aromatic heterocycles. The van der Waals surface area contributed by atoms with E-state index < -0.39 is 0 Å². The van der Waals surface area contributed by atoms with Gasteiger partial charge in [0, 0.05) is 0 Å². The number of hydrogen-bond donors (Lipinski definition) is 0. The number of fused-ring (bicyclic) bond motifs is 4. The fourth-order valence-corrected chi connectivity index (χ4v) is 2.97. The molecule has 5 aromatic carbocycles. The van der Waals surface area contributed by atoms with Gasteiger partial charge >= 0.3 is 26.2 Å². The number of benzene rings is 3. The van der Waals surface area contributed by atoms with E-state index in [0.29, 0.717) is 0 Å². The van der Waals surface area contributed by atoms with Gasteiger partial charge in [-0.2, -0.15) is 17.5 Å². The zero-order valence-corrected chi connectivity index (χ0v) is 17.2. The second-order valence-corrected chi connectivity index (χ2v) is 5.47. The Balaban J connectivity index is 0.000000234. The Morgan fingerprint density at radius 2 is 1.00 bits per heavy atom. The van der Waals surface area contributed by atoms with E-state index in [1.54, 1.807) is 0 Å². The average Bonchev–Trinajstić information content (AvgIpc) is 3.19. The fraction of sp³-hybridized carbons (Fsp3) is 0. The third-order valence-electron chi connectivity index (χ3n) is 4.07. The van der Waals surface area contributed by atoms with Crippen LogP contribution in [0.3, 0.4) is 0 Å². The predicted molar refractivity (Wildman–Crippen MR) is 109 cm³/mol. The Morgan fingerprint density at radius 1 is 0.520 bits per heavy atom. The van der Waals surface area contributed by atoms with Gasteiger partial charge in [0.2, 0.25) is 0 Å². The number of hydrogen-bond acceptors (Lipinski definition) is 0. The molecule has 5 aromatic rings. The summed E-state index contributed by atoms with van der Waals surface area (Å²) in [6.45, 7) is 0. The number of rotatable bonds is 0. The Morgan fingerprint density at radius 3 is 1.56 bits per heavy atom. The maximum Gasteiger partial charge on any atom is 4.00 e. The van der Waals surface area contributed by atoms with Crippen molar-refractivity contribution in [2.24, 2.45) is 0 Å². The van der Waals surface area contributed by atoms with Crippen molar-refractivity contribution < 1.29 is 26.2 Å². The summed E-state index contributed by atoms with van der Waals surface area (Å²) in [6.07, 6.45) is 0. The van der Waals surface area contributed by atoms with E-state index in [1.165, 1.54) is 32.3 Å². The van der Waals surface area contributed by atoms with Gasteiger partial charge in [0.25, 0.3) is 0 Å². The van der Waals surface area contributed by atoms with Crippen LogP contribution in [0.2, 0.25) is 0 Å². The molecule has 0 saturated heterocycles. The van der Waals surface area contributed by atoms with Crippen molar-refractivity contribution in [1.29, 1.82) is 0 Å². The summed E-state index contributed by atoms with van der Waals surface area (Å²) in [6, 6.07) is 33.9. The van der Waals surface area contributed by atoms with Crippen LogP contribution in [0.15, 0.2) is 97.1 Å². The molecule has 0 spiro atoms. The molecule has 0 N–H and O–H groups in total. The van der Waals surface area contributed by atoms with Gasteiger partial charge in [-0.15, -0.1) is 69.4 Å². The van der Waals surface area contributed by atoms with Crippen LogP contribution in [-0.4, -0.2) is 0 Å². The smallest absolute Gasteiger partial charge is 0.358 e. The Hall–Kier alpha value is -1.98. The molecule has 122 valence electrons. The molecule has 0 radical (unpaired) electrons. The van der Waals surface area contributed by atoms with E-state index in [2.05, 4.69) is 97.1 Å². The summed E-state index contributed by atoms with van der Waals surface area (Å²) in [5, 5.41) is 8.05. The minimum absolute atomic E-state index is 0. The molecule has 0 unspecified atom stereocenters. The van der Waals surface area contributed by atoms with Crippen LogP contribution >= 0.6 is 0 Å². The summed E-state index contributed by atoms with van der Waals surface area (Å²) < 4.78 is 0. The van der Waals surface area contributed by atoms with Gasteiger partial charge in [-0.05, 0) is 0 Å². The van der Waals surface area contributed by atoms with Gasteiger partial charge < -0.3 is 14.9 Å². The predicted octanol–water partition coefficient (Wildman–Crippen LogP) is 7.17. The van der Waals surface area contributed by atoms with Gasteiger partial charge in [0.1, 0.15) is 0 Å². The second kappa shape index (κ2) is 9.49. The van der Waals surface area contributed by atoms with Crippen LogP contribution < -0.4 is 0 Å². The van der Waals surface area contributed by atoms with E-state index in [4.69, 9.17) is 0 Å². The first-order chi connectivity index (χ1) is 10.9. The maximum absolute atomic E-state index is 2.24. The summed E-state index contributed by atoms with van der Waals surface area (Å²) >= 11 is 0. The van der Waals surface area contributed by atoms with Crippen LogP contribution in [0, 0.1) is 14.9 Å². The Bertz CT molecular complexity index is 953. The van der Waals surface area contributed by atoms with Crippen molar-refractivity contribution in [2.75, 3.05) is 0 Å². The molecule has 0 atom stereocenters. The van der Waals surface area contributed by atoms with Crippen LogP contribution in [0.4, 0.5) is 0 Å². The first-order valence-electron chi connectivity index (χ1n) is 7.55. The van der Waals surface area contributed by atoms with Crippen LogP contribution in [0.5, 0.6) is 0 Å².